The Bertz CT molecular complexity index is 4510. The summed E-state index contributed by atoms with van der Waals surface area (Å²) in [5.41, 5.74) is 0. The Kier molecular flexibility index (Phi) is 47.0. The number of esters is 20. The van der Waals surface area contributed by atoms with Gasteiger partial charge in [-0.1, -0.05) is 0 Å². The molecule has 0 aromatic carbocycles. The molecule has 21 aliphatic rings. The van der Waals surface area contributed by atoms with E-state index in [1.54, 1.807) is 0 Å². The molecule has 0 aromatic heterocycles. The van der Waals surface area contributed by atoms with Crippen molar-refractivity contribution >= 4 is 172 Å². The Morgan fingerprint density at radius 1 is 0.189 bits per heavy atom. The second-order valence-electron chi connectivity index (χ2n) is 35.9. The minimum atomic E-state index is -3.62. The molecule has 21 fully saturated rings. The molecule has 55 nitrogen and oxygen atoms in total. The zero-order valence-corrected chi connectivity index (χ0v) is 92.6. The van der Waals surface area contributed by atoms with Gasteiger partial charge >= 0.3 is 388 Å². The van der Waals surface area contributed by atoms with E-state index < -0.39 is 415 Å². The van der Waals surface area contributed by atoms with Crippen molar-refractivity contribution in [2.24, 2.45) is 0 Å². The van der Waals surface area contributed by atoms with Crippen LogP contribution in [0.15, 0.2) is 0 Å². The zero-order chi connectivity index (χ0) is 110. The summed E-state index contributed by atoms with van der Waals surface area (Å²) in [6.07, 6.45) is -80.3. The first-order valence-corrected chi connectivity index (χ1v) is 68.4. The molecule has 0 radical (unpaired) electrons. The predicted molar refractivity (Wildman–Crippen MR) is 478 cm³/mol. The maximum absolute atomic E-state index is 14.3. The van der Waals surface area contributed by atoms with Gasteiger partial charge in [0.25, 0.3) is 0 Å². The van der Waals surface area contributed by atoms with Gasteiger partial charge < -0.3 is 114 Å². The van der Waals surface area contributed by atoms with Crippen molar-refractivity contribution in [2.45, 2.75) is 382 Å². The molecule has 59 heteroatoms. The van der Waals surface area contributed by atoms with Crippen molar-refractivity contribution in [1.29, 1.82) is 0 Å². The molecular weight excluding hydrogens is 2260 g/mol. The van der Waals surface area contributed by atoms with E-state index in [4.69, 9.17) is 184 Å². The minimum absolute atomic E-state index is 0.194. The average Bonchev–Trinajstić information content (AvgIpc) is 0.785. The number of carbonyl (C=O) groups is 20. The molecule has 0 aromatic rings. The maximum atomic E-state index is 14.3. The number of halogens is 2. The molecule has 21 rings (SSSR count). The monoisotopic (exact) mass is 2380 g/mol. The van der Waals surface area contributed by atoms with E-state index in [1.165, 1.54) is 0 Å². The fraction of sp³-hybridized carbons (Fsp3) is 0.775. The fourth-order valence-electron chi connectivity index (χ4n) is 17.7. The molecule has 0 aliphatic carbocycles. The van der Waals surface area contributed by atoms with Crippen LogP contribution >= 0.6 is 17.8 Å². The van der Waals surface area contributed by atoms with Crippen LogP contribution in [0.2, 0.25) is 21.7 Å². The van der Waals surface area contributed by atoms with Gasteiger partial charge in [0, 0.05) is 125 Å². The molecule has 148 heavy (non-hydrogen) atoms. The molecule has 834 valence electrons. The number of hydrogen-bond acceptors (Lipinski definition) is 55. The van der Waals surface area contributed by atoms with E-state index >= 15 is 0 Å². The SMILES string of the molecule is CC(=O)OC[C@H]1O[C@@H]2O[C@H]3[C@H](OC(C)=O)[C@@H](OC(C)=O)[C@@H](O[C@H]4[C@H](OC(C)=O)[C@@H](OC(C)=O)[C@@H](O[C@H]5[C@H](OC(C)=O)[C@@H](OC(C)=O)[C@@H](O[C@H]6[C@H](OC(C)=O)[C@@H](OC(C)=O)[C@@H](O[C@H]7[C@H](OC(C)=O)[C@@H](OC(C)=O)[C@@H](O[C@H]8[C@H](OC(C)=O)[C@@H](OC(C)=O)[C@@H](O[C@H]1[C@H](OC(C)=O)[C@H]2OC(C)=O)O[C@@H]8COCC[CH]([Sn]([CH3])([CH3])[Cl])[Sn]([CH3])([CH3])[Cl])O[C@@H]7COC(C)=O)O[C@@H]6COC(C)=O)O[C@@H]5COC(C)=O)O[C@@H]4COC(C)=O)O[C@@H]3COC(C)=O. The minimum Gasteiger partial charge on any atom is -0.463 e. The van der Waals surface area contributed by atoms with Crippen molar-refractivity contribution in [1.82, 2.24) is 0 Å². The van der Waals surface area contributed by atoms with Gasteiger partial charge in [0.2, 0.25) is 0 Å². The summed E-state index contributed by atoms with van der Waals surface area (Å²) in [6.45, 7) is 9.21. The predicted octanol–water partition coefficient (Wildman–Crippen LogP) is 0.397. The van der Waals surface area contributed by atoms with Crippen LogP contribution in [-0.4, -0.2) is 422 Å². The number of hydrogen-bond donors (Lipinski definition) is 0. The van der Waals surface area contributed by atoms with E-state index in [9.17, 15) is 95.9 Å². The van der Waals surface area contributed by atoms with Crippen LogP contribution in [-0.2, 0) is 262 Å². The van der Waals surface area contributed by atoms with Gasteiger partial charge in [-0.15, -0.1) is 0 Å². The van der Waals surface area contributed by atoms with Crippen molar-refractivity contribution < 1.29 is 262 Å². The Morgan fingerprint density at radius 2 is 0.311 bits per heavy atom. The summed E-state index contributed by atoms with van der Waals surface area (Å²) in [5, 5.41) is 0. The first-order valence-electron chi connectivity index (χ1n) is 46.4. The number of carbonyl (C=O) groups excluding carboxylic acids is 20. The van der Waals surface area contributed by atoms with Crippen molar-refractivity contribution in [3.05, 3.63) is 0 Å². The Morgan fingerprint density at radius 3 is 0.426 bits per heavy atom. The molecule has 21 heterocycles. The molecular formula is C89H126Cl2O55Sn2. The summed E-state index contributed by atoms with van der Waals surface area (Å²) in [6, 6.07) is 0. The van der Waals surface area contributed by atoms with Crippen LogP contribution in [0.1, 0.15) is 145 Å². The van der Waals surface area contributed by atoms with Crippen LogP contribution in [0.3, 0.4) is 0 Å². The smallest absolute Gasteiger partial charge is 0.463 e. The quantitative estimate of drug-likeness (QED) is 0.0371. The second kappa shape index (κ2) is 56.0. The van der Waals surface area contributed by atoms with E-state index in [0.29, 0.717) is 0 Å². The summed E-state index contributed by atoms with van der Waals surface area (Å²) >= 11 is -7.24. The summed E-state index contributed by atoms with van der Waals surface area (Å²) < 4.78 is 218. The van der Waals surface area contributed by atoms with Crippen LogP contribution in [0.5, 0.6) is 0 Å². The number of ether oxygens (including phenoxy) is 35. The van der Waals surface area contributed by atoms with Gasteiger partial charge in [-0.3, -0.25) is 86.3 Å². The third kappa shape index (κ3) is 36.3. The first kappa shape index (κ1) is 124. The molecule has 0 spiro atoms. The van der Waals surface area contributed by atoms with E-state index in [0.717, 1.165) is 138 Å². The standard InChI is InChI=1S/C85H114O55.4CH3.2ClH.2Sn/c1-22-23-106-24-51-58-65(113-37(8)92)72(120-44(15)99)79(127-51)135-59-52(25-107-31(2)86)129-81(74(122-46(17)101)66(59)114-38(9)93)137-61-54(27-109-33(4)88)131-83(76(124-48(19)103)68(61)116-40(11)95)139-63-56(29-111-35(6)90)133-85(78(126-50(21)105)70(63)118-42(13)97)140-64-57(30-112-36(7)91)132-84(77(125-49(20)104)71(64)119-43(14)98)138-62-55(28-110-34(5)89)130-82(75(123-47(18)102)69(62)117-41(12)96)136-60-53(26-108-32(3)87)128-80(134-58)73(121-45(16)100)67(60)115-39(10)94;;;;;;;;/h1,51-85H,22-30H2,2-21H3;4*1H3;2*1H;;/q;;;;;;;2*+1/p-2/t51-,52-,53-,54-,55-,56-,57-,58-,59-,60-,61-,62-,63-,64-,65+,66+,67+,68+,69+,70+,71+,72-,73-,74-,75-,76-,77-,78-,79-,80-,81-,82-,83-,84-,85-;;;;;;;;/m1......../s1. The third-order valence-corrected chi connectivity index (χ3v) is 71.9. The molecule has 35 atom stereocenters. The second-order valence-corrected chi connectivity index (χ2v) is 75.5. The van der Waals surface area contributed by atoms with Gasteiger partial charge in [0.1, 0.15) is 75.3 Å². The van der Waals surface area contributed by atoms with Crippen molar-refractivity contribution in [3.8, 4) is 0 Å². The van der Waals surface area contributed by atoms with Crippen LogP contribution < -0.4 is 0 Å². The molecule has 0 N–H and O–H groups in total. The summed E-state index contributed by atoms with van der Waals surface area (Å²) in [7, 11) is 14.5. The van der Waals surface area contributed by atoms with E-state index in [1.807, 2.05) is 19.8 Å². The van der Waals surface area contributed by atoms with E-state index in [2.05, 4.69) is 0 Å². The topological polar surface area (TPSA) is 664 Å². The fourth-order valence-corrected chi connectivity index (χ4v) is 86.7. The van der Waals surface area contributed by atoms with Crippen LogP contribution in [0.25, 0.3) is 0 Å². The van der Waals surface area contributed by atoms with E-state index in [-0.39, 0.29) is 15.0 Å². The van der Waals surface area contributed by atoms with Gasteiger partial charge in [0.05, 0.1) is 0 Å². The molecule has 21 saturated heterocycles. The van der Waals surface area contributed by atoms with Crippen LogP contribution in [0, 0.1) is 0 Å². The van der Waals surface area contributed by atoms with Gasteiger partial charge in [-0.25, -0.2) is 0 Å². The molecule has 0 amide bonds. The normalized spacial score (nSPS) is 33.8. The van der Waals surface area contributed by atoms with Crippen molar-refractivity contribution in [2.75, 3.05) is 52.9 Å². The molecule has 0 unspecified atom stereocenters. The average molecular weight is 2380 g/mol. The third-order valence-electron chi connectivity index (χ3n) is 22.6. The molecule has 21 aliphatic heterocycles. The van der Waals surface area contributed by atoms with Crippen LogP contribution in [0.4, 0.5) is 0 Å². The summed E-state index contributed by atoms with van der Waals surface area (Å²) in [4.78, 5) is 285. The Balaban J connectivity index is 1.53. The Hall–Kier alpha value is -9.02. The Labute approximate surface area is 862 Å². The number of rotatable bonds is 33. The van der Waals surface area contributed by atoms with Gasteiger partial charge in [0.15, 0.2) is 80.3 Å². The summed E-state index contributed by atoms with van der Waals surface area (Å²) in [5.74, 6) is -24.7. The van der Waals surface area contributed by atoms with Crippen molar-refractivity contribution in [3.63, 3.8) is 0 Å². The van der Waals surface area contributed by atoms with Gasteiger partial charge in [-0.2, -0.15) is 0 Å². The molecule has 0 saturated carbocycles. The first-order chi connectivity index (χ1) is 69.1. The zero-order valence-electron chi connectivity index (χ0n) is 85.4. The van der Waals surface area contributed by atoms with Gasteiger partial charge in [-0.05, 0) is 0 Å². The molecule has 14 bridgehead atoms.